The first-order valence-electron chi connectivity index (χ1n) is 4.33. The Morgan fingerprint density at radius 1 is 1.77 bits per heavy atom. The standard InChI is InChI=1S/C8H15NO3.ClH/c1-2-7(8(10)11)12-6-3-4-9-5-6;/h6-7,9H,2-5H2,1H3,(H,10,11);1H/t6?,7-;/m0./s1. The molecule has 0 spiro atoms. The third kappa shape index (κ3) is 3.93. The third-order valence-corrected chi connectivity index (χ3v) is 2.02. The van der Waals surface area contributed by atoms with Gasteiger partial charge in [0.2, 0.25) is 0 Å². The van der Waals surface area contributed by atoms with Crippen molar-refractivity contribution in [2.45, 2.75) is 32.0 Å². The largest absolute Gasteiger partial charge is 0.479 e. The van der Waals surface area contributed by atoms with Gasteiger partial charge in [-0.15, -0.1) is 12.4 Å². The number of aliphatic carboxylic acids is 1. The van der Waals surface area contributed by atoms with Crippen LogP contribution in [0.2, 0.25) is 0 Å². The topological polar surface area (TPSA) is 58.6 Å². The fourth-order valence-corrected chi connectivity index (χ4v) is 1.31. The smallest absolute Gasteiger partial charge is 0.332 e. The minimum atomic E-state index is -0.857. The molecule has 0 radical (unpaired) electrons. The maximum absolute atomic E-state index is 10.6. The summed E-state index contributed by atoms with van der Waals surface area (Å²) in [6, 6.07) is 0. The number of hydrogen-bond donors (Lipinski definition) is 2. The lowest BCUT2D eigenvalue weighted by atomic mass is 10.2. The van der Waals surface area contributed by atoms with Crippen LogP contribution in [0.3, 0.4) is 0 Å². The van der Waals surface area contributed by atoms with Gasteiger partial charge < -0.3 is 15.2 Å². The van der Waals surface area contributed by atoms with Crippen LogP contribution in [0.5, 0.6) is 0 Å². The summed E-state index contributed by atoms with van der Waals surface area (Å²) in [4.78, 5) is 10.6. The van der Waals surface area contributed by atoms with Crippen molar-refractivity contribution in [1.29, 1.82) is 0 Å². The zero-order valence-corrected chi connectivity index (χ0v) is 8.47. The highest BCUT2D eigenvalue weighted by Crippen LogP contribution is 2.09. The summed E-state index contributed by atoms with van der Waals surface area (Å²) in [5.41, 5.74) is 0. The average molecular weight is 210 g/mol. The van der Waals surface area contributed by atoms with Crippen molar-refractivity contribution < 1.29 is 14.6 Å². The number of carboxylic acids is 1. The van der Waals surface area contributed by atoms with Crippen molar-refractivity contribution in [2.24, 2.45) is 0 Å². The van der Waals surface area contributed by atoms with E-state index < -0.39 is 12.1 Å². The summed E-state index contributed by atoms with van der Waals surface area (Å²) in [6.45, 7) is 3.53. The van der Waals surface area contributed by atoms with E-state index >= 15 is 0 Å². The van der Waals surface area contributed by atoms with Gasteiger partial charge in [-0.05, 0) is 19.4 Å². The second-order valence-electron chi connectivity index (χ2n) is 2.99. The number of hydrogen-bond acceptors (Lipinski definition) is 3. The Hall–Kier alpha value is -0.320. The normalized spacial score (nSPS) is 23.6. The lowest BCUT2D eigenvalue weighted by Gasteiger charge is -2.16. The molecule has 4 nitrogen and oxygen atoms in total. The first kappa shape index (κ1) is 12.7. The number of nitrogens with one attached hydrogen (secondary N) is 1. The Morgan fingerprint density at radius 2 is 2.46 bits per heavy atom. The number of halogens is 1. The van der Waals surface area contributed by atoms with Gasteiger partial charge in [-0.2, -0.15) is 0 Å². The van der Waals surface area contributed by atoms with Crippen LogP contribution in [-0.2, 0) is 9.53 Å². The molecule has 2 atom stereocenters. The predicted molar refractivity (Wildman–Crippen MR) is 51.3 cm³/mol. The van der Waals surface area contributed by atoms with E-state index in [4.69, 9.17) is 9.84 Å². The number of ether oxygens (including phenoxy) is 1. The maximum Gasteiger partial charge on any atom is 0.332 e. The Labute approximate surface area is 84.1 Å². The molecule has 78 valence electrons. The van der Waals surface area contributed by atoms with Crippen molar-refractivity contribution in [3.63, 3.8) is 0 Å². The highest BCUT2D eigenvalue weighted by atomic mass is 35.5. The lowest BCUT2D eigenvalue weighted by Crippen LogP contribution is -2.29. The Bertz CT molecular complexity index is 159. The first-order valence-corrected chi connectivity index (χ1v) is 4.33. The van der Waals surface area contributed by atoms with Gasteiger partial charge in [-0.25, -0.2) is 4.79 Å². The van der Waals surface area contributed by atoms with Crippen LogP contribution in [0.15, 0.2) is 0 Å². The van der Waals surface area contributed by atoms with Gasteiger partial charge >= 0.3 is 5.97 Å². The monoisotopic (exact) mass is 209 g/mol. The summed E-state index contributed by atoms with van der Waals surface area (Å²) in [5, 5.41) is 11.8. The van der Waals surface area contributed by atoms with Gasteiger partial charge in [0.1, 0.15) is 0 Å². The number of carbonyl (C=O) groups is 1. The van der Waals surface area contributed by atoms with E-state index in [9.17, 15) is 4.79 Å². The molecule has 1 rings (SSSR count). The molecule has 0 aromatic heterocycles. The maximum atomic E-state index is 10.6. The average Bonchev–Trinajstić information content (AvgIpc) is 2.51. The molecule has 5 heteroatoms. The summed E-state index contributed by atoms with van der Waals surface area (Å²) >= 11 is 0. The summed E-state index contributed by atoms with van der Waals surface area (Å²) in [7, 11) is 0. The van der Waals surface area contributed by atoms with Gasteiger partial charge in [0.05, 0.1) is 6.10 Å². The van der Waals surface area contributed by atoms with Gasteiger partial charge in [0.25, 0.3) is 0 Å². The molecule has 1 fully saturated rings. The van der Waals surface area contributed by atoms with Crippen LogP contribution in [-0.4, -0.2) is 36.4 Å². The van der Waals surface area contributed by atoms with Crippen LogP contribution in [0.1, 0.15) is 19.8 Å². The first-order chi connectivity index (χ1) is 5.74. The zero-order chi connectivity index (χ0) is 8.97. The summed E-state index contributed by atoms with van der Waals surface area (Å²) in [5.74, 6) is -0.857. The van der Waals surface area contributed by atoms with E-state index in [1.54, 1.807) is 0 Å². The van der Waals surface area contributed by atoms with Crippen molar-refractivity contribution >= 4 is 18.4 Å². The molecule has 0 aliphatic carbocycles. The van der Waals surface area contributed by atoms with Crippen LogP contribution >= 0.6 is 12.4 Å². The molecule has 1 aliphatic rings. The summed E-state index contributed by atoms with van der Waals surface area (Å²) < 4.78 is 5.36. The molecule has 0 bridgehead atoms. The quantitative estimate of drug-likeness (QED) is 0.714. The van der Waals surface area contributed by atoms with Crippen LogP contribution in [0.4, 0.5) is 0 Å². The van der Waals surface area contributed by atoms with Gasteiger partial charge in [0.15, 0.2) is 6.10 Å². The van der Waals surface area contributed by atoms with Gasteiger partial charge in [-0.1, -0.05) is 6.92 Å². The fourth-order valence-electron chi connectivity index (χ4n) is 1.31. The SMILES string of the molecule is CC[C@H](OC1CCNC1)C(=O)O.Cl. The Kier molecular flexibility index (Phi) is 6.03. The second kappa shape index (κ2) is 6.18. The van der Waals surface area contributed by atoms with E-state index in [-0.39, 0.29) is 18.5 Å². The minimum absolute atomic E-state index is 0. The molecule has 0 aromatic rings. The summed E-state index contributed by atoms with van der Waals surface area (Å²) in [6.07, 6.45) is 0.913. The van der Waals surface area contributed by atoms with Gasteiger partial charge in [0, 0.05) is 6.54 Å². The molecule has 1 aliphatic heterocycles. The Morgan fingerprint density at radius 3 is 2.85 bits per heavy atom. The van der Waals surface area contributed by atoms with E-state index in [1.165, 1.54) is 0 Å². The van der Waals surface area contributed by atoms with Crippen molar-refractivity contribution in [3.05, 3.63) is 0 Å². The molecule has 1 saturated heterocycles. The Balaban J connectivity index is 0.00000144. The van der Waals surface area contributed by atoms with Crippen LogP contribution < -0.4 is 5.32 Å². The zero-order valence-electron chi connectivity index (χ0n) is 7.66. The van der Waals surface area contributed by atoms with E-state index in [1.807, 2.05) is 6.92 Å². The molecule has 0 amide bonds. The van der Waals surface area contributed by atoms with Crippen molar-refractivity contribution in [2.75, 3.05) is 13.1 Å². The molecule has 1 heterocycles. The molecule has 2 N–H and O–H groups in total. The predicted octanol–water partition coefficient (Wildman–Crippen LogP) is 0.650. The molecule has 13 heavy (non-hydrogen) atoms. The lowest BCUT2D eigenvalue weighted by molar-refractivity contribution is -0.153. The number of carboxylic acid groups (broad SMARTS) is 1. The number of rotatable bonds is 4. The third-order valence-electron chi connectivity index (χ3n) is 2.02. The van der Waals surface area contributed by atoms with Crippen LogP contribution in [0, 0.1) is 0 Å². The highest BCUT2D eigenvalue weighted by molar-refractivity contribution is 5.85. The van der Waals surface area contributed by atoms with Crippen molar-refractivity contribution in [1.82, 2.24) is 5.32 Å². The molecule has 0 aromatic carbocycles. The van der Waals surface area contributed by atoms with E-state index in [0.29, 0.717) is 6.42 Å². The van der Waals surface area contributed by atoms with Crippen LogP contribution in [0.25, 0.3) is 0 Å². The van der Waals surface area contributed by atoms with E-state index in [2.05, 4.69) is 5.32 Å². The van der Waals surface area contributed by atoms with Crippen molar-refractivity contribution in [3.8, 4) is 0 Å². The molecule has 1 unspecified atom stereocenters. The molecular weight excluding hydrogens is 194 g/mol. The minimum Gasteiger partial charge on any atom is -0.479 e. The fraction of sp³-hybridized carbons (Fsp3) is 0.875. The highest BCUT2D eigenvalue weighted by Gasteiger charge is 2.23. The molecular formula is C8H16ClNO3. The van der Waals surface area contributed by atoms with E-state index in [0.717, 1.165) is 19.5 Å². The molecule has 0 saturated carbocycles. The van der Waals surface area contributed by atoms with Gasteiger partial charge in [-0.3, -0.25) is 0 Å². The second-order valence-corrected chi connectivity index (χ2v) is 2.99.